The monoisotopic (exact) mass is 460 g/mol. The Kier molecular flexibility index (Phi) is 6.85. The highest BCUT2D eigenvalue weighted by atomic mass is 32.1. The second-order valence-electron chi connectivity index (χ2n) is 9.89. The van der Waals surface area contributed by atoms with Crippen molar-refractivity contribution in [2.75, 3.05) is 0 Å². The SMILES string of the molecule is Cc1sc(C(=O)c2ccc(C3CCCCC3)cc2)c(C(=O)OC(C)(C)C)c1-c1ccccc1. The van der Waals surface area contributed by atoms with Gasteiger partial charge >= 0.3 is 5.97 Å². The average Bonchev–Trinajstić information content (AvgIpc) is 3.16. The number of ether oxygens (including phenoxy) is 1. The summed E-state index contributed by atoms with van der Waals surface area (Å²) >= 11 is 1.37. The Balaban J connectivity index is 1.73. The number of benzene rings is 2. The van der Waals surface area contributed by atoms with E-state index in [0.29, 0.717) is 21.9 Å². The molecule has 0 atom stereocenters. The van der Waals surface area contributed by atoms with Crippen LogP contribution in [0.15, 0.2) is 54.6 Å². The van der Waals surface area contributed by atoms with E-state index in [9.17, 15) is 9.59 Å². The van der Waals surface area contributed by atoms with Crippen molar-refractivity contribution in [2.45, 2.75) is 71.3 Å². The van der Waals surface area contributed by atoms with Gasteiger partial charge in [-0.05, 0) is 57.6 Å². The minimum Gasteiger partial charge on any atom is -0.456 e. The zero-order valence-corrected chi connectivity index (χ0v) is 20.8. The number of thiophene rings is 1. The second-order valence-corrected chi connectivity index (χ2v) is 11.1. The van der Waals surface area contributed by atoms with Gasteiger partial charge < -0.3 is 4.74 Å². The molecule has 0 radical (unpaired) electrons. The van der Waals surface area contributed by atoms with Crippen LogP contribution in [0.2, 0.25) is 0 Å². The van der Waals surface area contributed by atoms with Gasteiger partial charge in [0.25, 0.3) is 0 Å². The average molecular weight is 461 g/mol. The summed E-state index contributed by atoms with van der Waals surface area (Å²) in [6.07, 6.45) is 6.33. The summed E-state index contributed by atoms with van der Waals surface area (Å²) in [5.74, 6) is 0.0168. The van der Waals surface area contributed by atoms with Crippen LogP contribution in [0.5, 0.6) is 0 Å². The highest BCUT2D eigenvalue weighted by Gasteiger charge is 2.31. The lowest BCUT2D eigenvalue weighted by Gasteiger charge is -2.22. The summed E-state index contributed by atoms with van der Waals surface area (Å²) in [6.45, 7) is 7.50. The maximum absolute atomic E-state index is 13.6. The Hall–Kier alpha value is -2.72. The molecule has 2 aromatic carbocycles. The Morgan fingerprint density at radius 2 is 1.55 bits per heavy atom. The summed E-state index contributed by atoms with van der Waals surface area (Å²) in [5, 5.41) is 0. The van der Waals surface area contributed by atoms with Crippen LogP contribution in [0, 0.1) is 6.92 Å². The van der Waals surface area contributed by atoms with Crippen molar-refractivity contribution >= 4 is 23.1 Å². The summed E-state index contributed by atoms with van der Waals surface area (Å²) in [6, 6.07) is 17.8. The zero-order chi connectivity index (χ0) is 23.6. The lowest BCUT2D eigenvalue weighted by molar-refractivity contribution is 0.00695. The first-order chi connectivity index (χ1) is 15.7. The van der Waals surface area contributed by atoms with E-state index in [1.807, 2.05) is 70.2 Å². The van der Waals surface area contributed by atoms with E-state index in [0.717, 1.165) is 16.0 Å². The predicted molar refractivity (Wildman–Crippen MR) is 135 cm³/mol. The number of carbonyl (C=O) groups is 2. The van der Waals surface area contributed by atoms with Gasteiger partial charge in [-0.1, -0.05) is 73.9 Å². The van der Waals surface area contributed by atoms with Gasteiger partial charge in [-0.15, -0.1) is 11.3 Å². The van der Waals surface area contributed by atoms with E-state index < -0.39 is 11.6 Å². The van der Waals surface area contributed by atoms with Gasteiger partial charge in [0.05, 0.1) is 10.4 Å². The number of rotatable bonds is 5. The van der Waals surface area contributed by atoms with Gasteiger partial charge in [-0.2, -0.15) is 0 Å². The molecule has 1 heterocycles. The topological polar surface area (TPSA) is 43.4 Å². The fraction of sp³-hybridized carbons (Fsp3) is 0.379. The van der Waals surface area contributed by atoms with Crippen LogP contribution in [-0.4, -0.2) is 17.4 Å². The van der Waals surface area contributed by atoms with E-state index in [4.69, 9.17) is 4.74 Å². The Labute approximate surface area is 200 Å². The quantitative estimate of drug-likeness (QED) is 0.286. The van der Waals surface area contributed by atoms with Crippen LogP contribution in [0.3, 0.4) is 0 Å². The third-order valence-corrected chi connectivity index (χ3v) is 7.31. The first-order valence-electron chi connectivity index (χ1n) is 11.8. The molecule has 4 heteroatoms. The molecule has 1 aliphatic carbocycles. The van der Waals surface area contributed by atoms with Crippen molar-refractivity contribution < 1.29 is 14.3 Å². The fourth-order valence-corrected chi connectivity index (χ4v) is 5.78. The Morgan fingerprint density at radius 1 is 0.909 bits per heavy atom. The summed E-state index contributed by atoms with van der Waals surface area (Å²) in [5.41, 5.74) is 3.35. The lowest BCUT2D eigenvalue weighted by atomic mass is 9.84. The molecule has 1 aromatic heterocycles. The van der Waals surface area contributed by atoms with Crippen LogP contribution < -0.4 is 0 Å². The molecule has 0 aliphatic heterocycles. The molecule has 33 heavy (non-hydrogen) atoms. The van der Waals surface area contributed by atoms with Crippen molar-refractivity contribution in [1.29, 1.82) is 0 Å². The molecule has 3 nitrogen and oxygen atoms in total. The minimum absolute atomic E-state index is 0.124. The molecule has 0 unspecified atom stereocenters. The zero-order valence-electron chi connectivity index (χ0n) is 19.9. The molecule has 1 fully saturated rings. The Bertz CT molecular complexity index is 1130. The molecule has 3 aromatic rings. The van der Waals surface area contributed by atoms with E-state index >= 15 is 0 Å². The molecule has 0 spiro atoms. The molecule has 0 amide bonds. The standard InChI is InChI=1S/C29H32O3S/c1-19-24(22-13-9-6-10-14-22)25(28(31)32-29(2,3)4)27(33-19)26(30)23-17-15-21(16-18-23)20-11-7-5-8-12-20/h6,9-10,13-18,20H,5,7-8,11-12H2,1-4H3. The van der Waals surface area contributed by atoms with Crippen molar-refractivity contribution in [1.82, 2.24) is 0 Å². The first kappa shape index (κ1) is 23.4. The summed E-state index contributed by atoms with van der Waals surface area (Å²) in [7, 11) is 0. The summed E-state index contributed by atoms with van der Waals surface area (Å²) in [4.78, 5) is 28.3. The lowest BCUT2D eigenvalue weighted by Crippen LogP contribution is -2.25. The Morgan fingerprint density at radius 3 is 2.15 bits per heavy atom. The molecule has 4 rings (SSSR count). The third-order valence-electron chi connectivity index (χ3n) is 6.21. The second kappa shape index (κ2) is 9.64. The van der Waals surface area contributed by atoms with E-state index in [1.54, 1.807) is 0 Å². The van der Waals surface area contributed by atoms with Gasteiger partial charge in [0, 0.05) is 16.0 Å². The predicted octanol–water partition coefficient (Wildman–Crippen LogP) is 7.96. The fourth-order valence-electron chi connectivity index (χ4n) is 4.65. The van der Waals surface area contributed by atoms with E-state index in [1.165, 1.54) is 49.0 Å². The number of ketones is 1. The normalized spacial score (nSPS) is 14.8. The smallest absolute Gasteiger partial charge is 0.340 e. The molecule has 0 bridgehead atoms. The molecule has 0 saturated heterocycles. The molecule has 172 valence electrons. The van der Waals surface area contributed by atoms with Gasteiger partial charge in [-0.3, -0.25) is 4.79 Å². The molecule has 1 aliphatic rings. The maximum atomic E-state index is 13.6. The van der Waals surface area contributed by atoms with Crippen LogP contribution in [0.25, 0.3) is 11.1 Å². The largest absolute Gasteiger partial charge is 0.456 e. The number of esters is 1. The van der Waals surface area contributed by atoms with Gasteiger partial charge in [0.15, 0.2) is 0 Å². The molecule has 1 saturated carbocycles. The van der Waals surface area contributed by atoms with Crippen molar-refractivity contribution in [3.8, 4) is 11.1 Å². The van der Waals surface area contributed by atoms with Crippen molar-refractivity contribution in [3.05, 3.63) is 81.0 Å². The highest BCUT2D eigenvalue weighted by molar-refractivity contribution is 7.15. The van der Waals surface area contributed by atoms with Crippen LogP contribution >= 0.6 is 11.3 Å². The van der Waals surface area contributed by atoms with Gasteiger partial charge in [-0.25, -0.2) is 4.79 Å². The maximum Gasteiger partial charge on any atom is 0.340 e. The number of hydrogen-bond acceptors (Lipinski definition) is 4. The van der Waals surface area contributed by atoms with Crippen LogP contribution in [0.4, 0.5) is 0 Å². The third kappa shape index (κ3) is 5.27. The number of aryl methyl sites for hydroxylation is 1. The highest BCUT2D eigenvalue weighted by Crippen LogP contribution is 2.39. The van der Waals surface area contributed by atoms with E-state index in [-0.39, 0.29) is 5.78 Å². The minimum atomic E-state index is -0.650. The van der Waals surface area contributed by atoms with Crippen molar-refractivity contribution in [3.63, 3.8) is 0 Å². The van der Waals surface area contributed by atoms with E-state index in [2.05, 4.69) is 12.1 Å². The van der Waals surface area contributed by atoms with Gasteiger partial charge in [0.2, 0.25) is 5.78 Å². The van der Waals surface area contributed by atoms with Crippen LogP contribution in [-0.2, 0) is 4.74 Å². The summed E-state index contributed by atoms with van der Waals surface area (Å²) < 4.78 is 5.74. The first-order valence-corrected chi connectivity index (χ1v) is 12.6. The molecular weight excluding hydrogens is 428 g/mol. The molecular formula is C29H32O3S. The van der Waals surface area contributed by atoms with Crippen molar-refractivity contribution in [2.24, 2.45) is 0 Å². The number of carbonyl (C=O) groups excluding carboxylic acids is 2. The van der Waals surface area contributed by atoms with Crippen LogP contribution in [0.1, 0.15) is 94.8 Å². The van der Waals surface area contributed by atoms with Gasteiger partial charge in [0.1, 0.15) is 5.60 Å². The number of hydrogen-bond donors (Lipinski definition) is 0. The molecule has 0 N–H and O–H groups in total.